The molecule has 3 aromatic heterocycles. The summed E-state index contributed by atoms with van der Waals surface area (Å²) in [5, 5.41) is 16.5. The minimum absolute atomic E-state index is 0.272. The summed E-state index contributed by atoms with van der Waals surface area (Å²) in [6, 6.07) is 0. The predicted molar refractivity (Wildman–Crippen MR) is 99.6 cm³/mol. The van der Waals surface area contributed by atoms with Gasteiger partial charge in [0.2, 0.25) is 5.95 Å². The normalized spacial score (nSPS) is 18.1. The quantitative estimate of drug-likeness (QED) is 0.715. The molecule has 138 valence electrons. The third-order valence-corrected chi connectivity index (χ3v) is 4.77. The zero-order valence-electron chi connectivity index (χ0n) is 15.3. The lowest BCUT2D eigenvalue weighted by atomic mass is 9.98. The first-order valence-electron chi connectivity index (χ1n) is 9.19. The van der Waals surface area contributed by atoms with E-state index in [0.29, 0.717) is 17.5 Å². The molecule has 1 saturated heterocycles. The van der Waals surface area contributed by atoms with Gasteiger partial charge >= 0.3 is 0 Å². The zero-order valence-corrected chi connectivity index (χ0v) is 15.3. The largest absolute Gasteiger partial charge is 0.368 e. The first-order chi connectivity index (χ1) is 12.6. The van der Waals surface area contributed by atoms with Crippen molar-refractivity contribution < 1.29 is 0 Å². The number of anilines is 2. The first kappa shape index (κ1) is 16.7. The van der Waals surface area contributed by atoms with Crippen LogP contribution in [0.2, 0.25) is 0 Å². The molecule has 0 radical (unpaired) electrons. The maximum Gasteiger partial charge on any atom is 0.224 e. The van der Waals surface area contributed by atoms with Gasteiger partial charge in [-0.25, -0.2) is 0 Å². The minimum Gasteiger partial charge on any atom is -0.368 e. The van der Waals surface area contributed by atoms with E-state index in [1.54, 1.807) is 6.20 Å². The Balaban J connectivity index is 1.49. The van der Waals surface area contributed by atoms with Gasteiger partial charge in [-0.2, -0.15) is 15.1 Å². The highest BCUT2D eigenvalue weighted by atomic mass is 15.4. The number of nitrogens with one attached hydrogen (secondary N) is 1. The first-order valence-corrected chi connectivity index (χ1v) is 9.19. The Labute approximate surface area is 152 Å². The summed E-state index contributed by atoms with van der Waals surface area (Å²) in [6.07, 6.45) is 7.10. The molecule has 0 aromatic carbocycles. The van der Waals surface area contributed by atoms with E-state index in [0.717, 1.165) is 49.4 Å². The summed E-state index contributed by atoms with van der Waals surface area (Å²) in [5.41, 5.74) is 7.62. The van der Waals surface area contributed by atoms with Crippen molar-refractivity contribution in [1.82, 2.24) is 35.2 Å². The van der Waals surface area contributed by atoms with E-state index in [1.165, 1.54) is 6.42 Å². The zero-order chi connectivity index (χ0) is 18.1. The van der Waals surface area contributed by atoms with Gasteiger partial charge in [0.15, 0.2) is 5.65 Å². The third kappa shape index (κ3) is 3.47. The molecule has 0 aliphatic carbocycles. The molecule has 3 aromatic rings. The summed E-state index contributed by atoms with van der Waals surface area (Å²) >= 11 is 0. The van der Waals surface area contributed by atoms with E-state index in [9.17, 15) is 0 Å². The fourth-order valence-corrected chi connectivity index (χ4v) is 3.69. The molecular formula is C17H25N9. The molecular weight excluding hydrogens is 330 g/mol. The number of piperidine rings is 1. The van der Waals surface area contributed by atoms with Crippen molar-refractivity contribution in [3.05, 3.63) is 18.1 Å². The number of hydrogen-bond donors (Lipinski definition) is 2. The van der Waals surface area contributed by atoms with Crippen molar-refractivity contribution in [3.63, 3.8) is 0 Å². The van der Waals surface area contributed by atoms with Crippen LogP contribution in [-0.4, -0.2) is 48.2 Å². The molecule has 0 saturated carbocycles. The molecule has 3 N–H and O–H groups in total. The van der Waals surface area contributed by atoms with E-state index in [1.807, 2.05) is 4.68 Å². The van der Waals surface area contributed by atoms with Gasteiger partial charge in [0.05, 0.1) is 17.3 Å². The van der Waals surface area contributed by atoms with Crippen LogP contribution in [0.4, 0.5) is 11.8 Å². The predicted octanol–water partition coefficient (Wildman–Crippen LogP) is 1.64. The third-order valence-electron chi connectivity index (χ3n) is 4.77. The fourth-order valence-electron chi connectivity index (χ4n) is 3.69. The Bertz CT molecular complexity index is 881. The second-order valence-electron chi connectivity index (χ2n) is 7.52. The van der Waals surface area contributed by atoms with Crippen LogP contribution >= 0.6 is 0 Å². The molecule has 26 heavy (non-hydrogen) atoms. The van der Waals surface area contributed by atoms with Gasteiger partial charge in [-0.1, -0.05) is 19.1 Å². The Hall–Kier alpha value is -2.71. The topological polar surface area (TPSA) is 114 Å². The smallest absolute Gasteiger partial charge is 0.224 e. The van der Waals surface area contributed by atoms with E-state index in [-0.39, 0.29) is 5.95 Å². The van der Waals surface area contributed by atoms with Gasteiger partial charge in [0, 0.05) is 25.8 Å². The van der Waals surface area contributed by atoms with Crippen molar-refractivity contribution in [2.45, 2.75) is 39.7 Å². The second-order valence-corrected chi connectivity index (χ2v) is 7.52. The van der Waals surface area contributed by atoms with Crippen molar-refractivity contribution >= 4 is 22.8 Å². The maximum absolute atomic E-state index is 5.87. The number of nitrogens with zero attached hydrogens (tertiary/aromatic N) is 7. The lowest BCUT2D eigenvalue weighted by Gasteiger charge is -2.33. The molecule has 0 amide bonds. The molecule has 1 aliphatic heterocycles. The monoisotopic (exact) mass is 355 g/mol. The summed E-state index contributed by atoms with van der Waals surface area (Å²) < 4.78 is 1.98. The molecule has 4 rings (SSSR count). The van der Waals surface area contributed by atoms with Gasteiger partial charge in [-0.3, -0.25) is 9.78 Å². The van der Waals surface area contributed by atoms with Crippen molar-refractivity contribution in [2.24, 2.45) is 11.8 Å². The molecule has 1 atom stereocenters. The van der Waals surface area contributed by atoms with Crippen LogP contribution in [-0.2, 0) is 13.0 Å². The average Bonchev–Trinajstić information content (AvgIpc) is 3.23. The van der Waals surface area contributed by atoms with Crippen LogP contribution in [0.25, 0.3) is 11.0 Å². The lowest BCUT2D eigenvalue weighted by Crippen LogP contribution is -2.38. The van der Waals surface area contributed by atoms with Crippen LogP contribution in [0.5, 0.6) is 0 Å². The fraction of sp³-hybridized carbons (Fsp3) is 0.588. The maximum atomic E-state index is 5.87. The molecule has 0 bridgehead atoms. The van der Waals surface area contributed by atoms with Crippen LogP contribution in [0, 0.1) is 11.8 Å². The number of nitrogens with two attached hydrogens (primary N) is 1. The summed E-state index contributed by atoms with van der Waals surface area (Å²) in [6.45, 7) is 7.14. The van der Waals surface area contributed by atoms with Gasteiger partial charge in [-0.15, -0.1) is 5.10 Å². The summed E-state index contributed by atoms with van der Waals surface area (Å²) in [4.78, 5) is 11.0. The average molecular weight is 355 g/mol. The molecule has 1 aliphatic rings. The number of rotatable bonds is 5. The van der Waals surface area contributed by atoms with Crippen molar-refractivity contribution in [1.29, 1.82) is 0 Å². The van der Waals surface area contributed by atoms with Crippen molar-refractivity contribution in [2.75, 3.05) is 23.7 Å². The van der Waals surface area contributed by atoms with Crippen LogP contribution < -0.4 is 10.6 Å². The Morgan fingerprint density at radius 3 is 3.08 bits per heavy atom. The number of aromatic amines is 1. The highest BCUT2D eigenvalue weighted by Gasteiger charge is 2.24. The van der Waals surface area contributed by atoms with Gasteiger partial charge in [-0.05, 0) is 31.1 Å². The molecule has 1 unspecified atom stereocenters. The molecule has 4 heterocycles. The van der Waals surface area contributed by atoms with Gasteiger partial charge < -0.3 is 10.6 Å². The second kappa shape index (κ2) is 6.89. The Morgan fingerprint density at radius 2 is 2.23 bits per heavy atom. The van der Waals surface area contributed by atoms with E-state index in [4.69, 9.17) is 5.73 Å². The molecule has 9 nitrogen and oxygen atoms in total. The summed E-state index contributed by atoms with van der Waals surface area (Å²) in [7, 11) is 0. The number of hydrogen-bond acceptors (Lipinski definition) is 7. The standard InChI is InChI=1S/C17H25N9/c1-11(2)6-13-10-26(24-22-13)9-12-4-3-5-25(8-12)16-14-7-19-23-15(14)20-17(18)21-16/h7,10-12H,3-6,8-9H2,1-2H3,(H3,18,19,20,21,23). The van der Waals surface area contributed by atoms with Crippen LogP contribution in [0.1, 0.15) is 32.4 Å². The number of H-pyrrole nitrogens is 1. The molecule has 1 fully saturated rings. The van der Waals surface area contributed by atoms with Gasteiger partial charge in [0.25, 0.3) is 0 Å². The van der Waals surface area contributed by atoms with E-state index < -0.39 is 0 Å². The minimum atomic E-state index is 0.272. The van der Waals surface area contributed by atoms with E-state index in [2.05, 4.69) is 55.4 Å². The van der Waals surface area contributed by atoms with Gasteiger partial charge in [0.1, 0.15) is 5.82 Å². The highest BCUT2D eigenvalue weighted by molar-refractivity contribution is 5.87. The van der Waals surface area contributed by atoms with Crippen molar-refractivity contribution in [3.8, 4) is 0 Å². The van der Waals surface area contributed by atoms with Crippen LogP contribution in [0.3, 0.4) is 0 Å². The van der Waals surface area contributed by atoms with Crippen LogP contribution in [0.15, 0.2) is 12.4 Å². The SMILES string of the molecule is CC(C)Cc1cn(CC2CCCN(c3nc(N)nc4[nH]ncc34)C2)nn1. The lowest BCUT2D eigenvalue weighted by molar-refractivity contribution is 0.347. The number of aromatic nitrogens is 7. The number of nitrogen functional groups attached to an aromatic ring is 1. The number of fused-ring (bicyclic) bond motifs is 1. The molecule has 0 spiro atoms. The Morgan fingerprint density at radius 1 is 1.35 bits per heavy atom. The highest BCUT2D eigenvalue weighted by Crippen LogP contribution is 2.28. The van der Waals surface area contributed by atoms with E-state index >= 15 is 0 Å². The summed E-state index contributed by atoms with van der Waals surface area (Å²) in [5.74, 6) is 2.22. The molecule has 9 heteroatoms. The Kier molecular flexibility index (Phi) is 4.44.